The Hall–Kier alpha value is -2.70. The summed E-state index contributed by atoms with van der Waals surface area (Å²) in [6.45, 7) is 6.14. The van der Waals surface area contributed by atoms with Crippen molar-refractivity contribution in [2.45, 2.75) is 32.8 Å². The maximum atomic E-state index is 5.71. The number of rotatable bonds is 4. The van der Waals surface area contributed by atoms with E-state index >= 15 is 0 Å². The van der Waals surface area contributed by atoms with Crippen molar-refractivity contribution in [3.05, 3.63) is 30.6 Å². The van der Waals surface area contributed by atoms with E-state index in [9.17, 15) is 0 Å². The largest absolute Gasteiger partial charge is 0.475 e. The lowest BCUT2D eigenvalue weighted by molar-refractivity contribution is 0.233. The zero-order valence-electron chi connectivity index (χ0n) is 14.4. The van der Waals surface area contributed by atoms with E-state index < -0.39 is 0 Å². The van der Waals surface area contributed by atoms with E-state index in [1.54, 1.807) is 6.20 Å². The molecule has 0 atom stereocenters. The summed E-state index contributed by atoms with van der Waals surface area (Å²) in [6, 6.07) is 6.06. The van der Waals surface area contributed by atoms with Gasteiger partial charge in [-0.05, 0) is 38.8 Å². The predicted octanol–water partition coefficient (Wildman–Crippen LogP) is 3.81. The highest BCUT2D eigenvalue weighted by molar-refractivity contribution is 5.93. The summed E-state index contributed by atoms with van der Waals surface area (Å²) in [6.07, 6.45) is 6.19. The molecule has 0 amide bonds. The third-order valence-corrected chi connectivity index (χ3v) is 4.23. The molecule has 4 heterocycles. The molecule has 4 rings (SSSR count). The van der Waals surface area contributed by atoms with Crippen LogP contribution in [0.5, 0.6) is 5.88 Å². The van der Waals surface area contributed by atoms with Crippen molar-refractivity contribution in [1.29, 1.82) is 0 Å². The number of halogens is 1. The summed E-state index contributed by atoms with van der Waals surface area (Å²) in [4.78, 5) is 11.2. The first-order valence-electron chi connectivity index (χ1n) is 8.43. The molecule has 25 heavy (non-hydrogen) atoms. The fraction of sp³-hybridized carbons (Fsp3) is 0.389. The van der Waals surface area contributed by atoms with Gasteiger partial charge in [0, 0.05) is 37.7 Å². The lowest BCUT2D eigenvalue weighted by atomic mass is 10.1. The van der Waals surface area contributed by atoms with Crippen molar-refractivity contribution >= 4 is 16.7 Å². The van der Waals surface area contributed by atoms with Gasteiger partial charge in [-0.2, -0.15) is 5.10 Å². The topological polar surface area (TPSA) is 66.9 Å². The van der Waals surface area contributed by atoms with Gasteiger partial charge in [-0.1, -0.05) is 0 Å². The van der Waals surface area contributed by atoms with Gasteiger partial charge in [-0.3, -0.25) is 9.80 Å². The summed E-state index contributed by atoms with van der Waals surface area (Å²) in [5, 5.41) is 8.55. The van der Waals surface area contributed by atoms with E-state index in [0.717, 1.165) is 41.1 Å². The molecule has 6 nitrogen and oxygen atoms in total. The molecule has 1 saturated heterocycles. The van der Waals surface area contributed by atoms with Crippen LogP contribution in [0.3, 0.4) is 0 Å². The van der Waals surface area contributed by atoms with Crippen LogP contribution in [-0.4, -0.2) is 39.4 Å². The van der Waals surface area contributed by atoms with Crippen molar-refractivity contribution in [3.8, 4) is 17.1 Å². The highest BCUT2D eigenvalue weighted by Gasteiger charge is 2.16. The Bertz CT molecular complexity index is 864. The number of aromatic amines is 1. The number of nitrogens with zero attached hydrogens (tertiary/aromatic N) is 4. The number of H-pyrrole nitrogens is 1. The van der Waals surface area contributed by atoms with E-state index in [1.807, 2.05) is 32.2 Å². The molecule has 0 radical (unpaired) electrons. The van der Waals surface area contributed by atoms with Crippen LogP contribution in [0.2, 0.25) is 0 Å². The molecule has 1 fully saturated rings. The molecule has 0 bridgehead atoms. The average Bonchev–Trinajstić information content (AvgIpc) is 3.24. The van der Waals surface area contributed by atoms with Gasteiger partial charge in [0.25, 0.3) is 0 Å². The second-order valence-electron chi connectivity index (χ2n) is 6.40. The Morgan fingerprint density at radius 2 is 2.00 bits per heavy atom. The summed E-state index contributed by atoms with van der Waals surface area (Å²) in [5.74, 6) is 1.64. The minimum atomic E-state index is 0. The minimum absolute atomic E-state index is 0. The van der Waals surface area contributed by atoms with Gasteiger partial charge in [0.15, 0.2) is 0 Å². The van der Waals surface area contributed by atoms with E-state index in [4.69, 9.17) is 4.74 Å². The molecular formula is C18H24FN5O. The van der Waals surface area contributed by atoms with E-state index in [0.29, 0.717) is 5.88 Å². The zero-order valence-corrected chi connectivity index (χ0v) is 14.4. The number of aromatic nitrogens is 4. The quantitative estimate of drug-likeness (QED) is 0.779. The Morgan fingerprint density at radius 1 is 1.20 bits per heavy atom. The van der Waals surface area contributed by atoms with Crippen LogP contribution in [0.25, 0.3) is 22.2 Å². The van der Waals surface area contributed by atoms with Crippen LogP contribution in [0.15, 0.2) is 30.6 Å². The zero-order chi connectivity index (χ0) is 16.5. The lowest BCUT2D eigenvalue weighted by Gasteiger charge is -2.16. The molecule has 0 unspecified atom stereocenters. The molecule has 0 saturated carbocycles. The molecule has 134 valence electrons. The summed E-state index contributed by atoms with van der Waals surface area (Å²) < 4.78 is 5.71. The van der Waals surface area contributed by atoms with Crippen LogP contribution in [0.1, 0.15) is 28.1 Å². The van der Waals surface area contributed by atoms with Crippen molar-refractivity contribution in [2.75, 3.05) is 18.0 Å². The molecule has 3 aromatic rings. The fourth-order valence-electron chi connectivity index (χ4n) is 3.11. The van der Waals surface area contributed by atoms with E-state index in [2.05, 4.69) is 31.1 Å². The first kappa shape index (κ1) is 17.1. The van der Waals surface area contributed by atoms with E-state index in [-0.39, 0.29) is 12.2 Å². The average molecular weight is 345 g/mol. The van der Waals surface area contributed by atoms with Crippen molar-refractivity contribution < 1.29 is 10.9 Å². The number of hydrogen-bond acceptors (Lipinski definition) is 5. The highest BCUT2D eigenvalue weighted by Crippen LogP contribution is 2.30. The summed E-state index contributed by atoms with van der Waals surface area (Å²) >= 11 is 0. The second kappa shape index (κ2) is 7.04. The number of ether oxygens (including phenoxy) is 1. The van der Waals surface area contributed by atoms with E-state index in [1.165, 1.54) is 12.8 Å². The van der Waals surface area contributed by atoms with Gasteiger partial charge < -0.3 is 9.64 Å². The normalized spacial score (nSPS) is 14.1. The first-order chi connectivity index (χ1) is 11.7. The van der Waals surface area contributed by atoms with Gasteiger partial charge in [0.1, 0.15) is 11.5 Å². The monoisotopic (exact) mass is 345 g/mol. The molecular weight excluding hydrogens is 321 g/mol. The Balaban J connectivity index is 0.00000121. The summed E-state index contributed by atoms with van der Waals surface area (Å²) in [5.41, 5.74) is 2.87. The molecule has 7 heteroatoms. The lowest BCUT2D eigenvalue weighted by Crippen LogP contribution is -2.18. The standard InChI is InChI=1S/C18H21N5O.FH.H2/c1-12(2)24-17-10-14-15(11-20-17)21-22-18(14)13-5-6-19-16(9-13)23-7-3-4-8-23;;/h5-6,9-12H,3-4,7-8H2,1-2H3,(H,21,22);2*1H. The number of anilines is 1. The van der Waals surface area contributed by atoms with Gasteiger partial charge in [0.05, 0.1) is 17.8 Å². The third kappa shape index (κ3) is 3.40. The molecule has 1 aliphatic rings. The van der Waals surface area contributed by atoms with Crippen molar-refractivity contribution in [1.82, 2.24) is 20.2 Å². The minimum Gasteiger partial charge on any atom is -0.475 e. The predicted molar refractivity (Wildman–Crippen MR) is 98.9 cm³/mol. The van der Waals surface area contributed by atoms with Crippen LogP contribution in [0.4, 0.5) is 10.5 Å². The van der Waals surface area contributed by atoms with Crippen LogP contribution < -0.4 is 9.64 Å². The SMILES string of the molecule is CC(C)Oc1cc2c(-c3ccnc(N4CCCC4)c3)n[nH]c2cn1.F.[HH]. The number of pyridine rings is 2. The van der Waals surface area contributed by atoms with Crippen LogP contribution in [0, 0.1) is 0 Å². The maximum absolute atomic E-state index is 5.71. The molecule has 0 spiro atoms. The van der Waals surface area contributed by atoms with Gasteiger partial charge in [-0.15, -0.1) is 0 Å². The van der Waals surface area contributed by atoms with Gasteiger partial charge in [-0.25, -0.2) is 9.97 Å². The Morgan fingerprint density at radius 3 is 2.76 bits per heavy atom. The van der Waals surface area contributed by atoms with Gasteiger partial charge in [0.2, 0.25) is 5.88 Å². The van der Waals surface area contributed by atoms with Crippen LogP contribution in [-0.2, 0) is 0 Å². The molecule has 1 N–H and O–H groups in total. The Labute approximate surface area is 147 Å². The van der Waals surface area contributed by atoms with Crippen molar-refractivity contribution in [2.24, 2.45) is 0 Å². The molecule has 0 aromatic carbocycles. The Kier molecular flexibility index (Phi) is 4.83. The second-order valence-corrected chi connectivity index (χ2v) is 6.40. The van der Waals surface area contributed by atoms with Crippen LogP contribution >= 0.6 is 0 Å². The highest BCUT2D eigenvalue weighted by atomic mass is 19.0. The van der Waals surface area contributed by atoms with Gasteiger partial charge >= 0.3 is 0 Å². The maximum Gasteiger partial charge on any atom is 0.214 e. The third-order valence-electron chi connectivity index (χ3n) is 4.23. The first-order valence-corrected chi connectivity index (χ1v) is 8.43. The number of hydrogen-bond donors (Lipinski definition) is 1. The fourth-order valence-corrected chi connectivity index (χ4v) is 3.11. The molecule has 1 aliphatic heterocycles. The summed E-state index contributed by atoms with van der Waals surface area (Å²) in [7, 11) is 0. The molecule has 0 aliphatic carbocycles. The smallest absolute Gasteiger partial charge is 0.214 e. The molecule has 3 aromatic heterocycles. The number of nitrogens with one attached hydrogen (secondary N) is 1. The van der Waals surface area contributed by atoms with Crippen molar-refractivity contribution in [3.63, 3.8) is 0 Å². The number of fused-ring (bicyclic) bond motifs is 1.